The summed E-state index contributed by atoms with van der Waals surface area (Å²) in [6, 6.07) is 11.2. The zero-order valence-corrected chi connectivity index (χ0v) is 19.3. The molecule has 1 saturated heterocycles. The summed E-state index contributed by atoms with van der Waals surface area (Å²) < 4.78 is 6.82. The first kappa shape index (κ1) is 20.9. The van der Waals surface area contributed by atoms with Gasteiger partial charge in [0.1, 0.15) is 16.6 Å². The molecule has 0 radical (unpaired) electrons. The maximum atomic E-state index is 12.6. The molecular formula is C22H18BrN5O3S. The molecule has 0 spiro atoms. The number of hydrogen-bond acceptors (Lipinski definition) is 6. The van der Waals surface area contributed by atoms with E-state index in [9.17, 15) is 9.59 Å². The molecule has 1 fully saturated rings. The number of likely N-dealkylation sites (tertiary alicyclic amines) is 1. The smallest absolute Gasteiger partial charge is 0.283 e. The van der Waals surface area contributed by atoms with Crippen LogP contribution in [0.3, 0.4) is 0 Å². The molecule has 0 atom stereocenters. The standard InChI is InChI=1S/C22H18BrN5O3S/c23-14-5-3-13(4-6-14)17-8-7-15(31-17)11-16-20(24)28-22(25-21(16)30)32-18(26-28)12-19(29)27-9-1-2-10-27/h3-8,11,24H,1-2,9-10,12H2. The van der Waals surface area contributed by atoms with Crippen molar-refractivity contribution in [2.75, 3.05) is 13.1 Å². The SMILES string of the molecule is N=C1C(=Cc2ccc(-c3ccc(Br)cc3)o2)C(=O)N=C2SC(CC(=O)N3CCCC3)=NN12. The molecule has 1 aromatic heterocycles. The fourth-order valence-corrected chi connectivity index (χ4v) is 4.79. The number of carbonyl (C=O) groups is 2. The largest absolute Gasteiger partial charge is 0.457 e. The quantitative estimate of drug-likeness (QED) is 0.615. The minimum Gasteiger partial charge on any atom is -0.457 e. The third-order valence-corrected chi connectivity index (χ3v) is 6.74. The Balaban J connectivity index is 1.35. The highest BCUT2D eigenvalue weighted by Gasteiger charge is 2.36. The molecule has 10 heteroatoms. The van der Waals surface area contributed by atoms with Crippen molar-refractivity contribution in [3.8, 4) is 11.3 Å². The normalized spacial score (nSPS) is 19.5. The number of fused-ring (bicyclic) bond motifs is 1. The van der Waals surface area contributed by atoms with Gasteiger partial charge >= 0.3 is 0 Å². The Bertz CT molecular complexity index is 1210. The number of hydrazone groups is 1. The number of aliphatic imine (C=N–C) groups is 1. The Kier molecular flexibility index (Phi) is 5.56. The first-order valence-electron chi connectivity index (χ1n) is 10.1. The number of rotatable bonds is 4. The Labute approximate surface area is 196 Å². The van der Waals surface area contributed by atoms with Crippen molar-refractivity contribution in [3.63, 3.8) is 0 Å². The fraction of sp³-hybridized carbons (Fsp3) is 0.227. The maximum Gasteiger partial charge on any atom is 0.283 e. The van der Waals surface area contributed by atoms with Crippen molar-refractivity contribution in [1.82, 2.24) is 9.91 Å². The van der Waals surface area contributed by atoms with Gasteiger partial charge in [-0.15, -0.1) is 0 Å². The molecule has 8 nitrogen and oxygen atoms in total. The van der Waals surface area contributed by atoms with Gasteiger partial charge in [0.15, 0.2) is 5.84 Å². The predicted molar refractivity (Wildman–Crippen MR) is 127 cm³/mol. The molecule has 162 valence electrons. The van der Waals surface area contributed by atoms with Crippen LogP contribution in [0.5, 0.6) is 0 Å². The monoisotopic (exact) mass is 511 g/mol. The van der Waals surface area contributed by atoms with E-state index in [1.54, 1.807) is 6.07 Å². The van der Waals surface area contributed by atoms with Gasteiger partial charge in [0.2, 0.25) is 11.1 Å². The maximum absolute atomic E-state index is 12.6. The van der Waals surface area contributed by atoms with Crippen molar-refractivity contribution < 1.29 is 14.0 Å². The van der Waals surface area contributed by atoms with Gasteiger partial charge in [-0.3, -0.25) is 15.0 Å². The molecule has 0 saturated carbocycles. The topological polar surface area (TPSA) is 102 Å². The lowest BCUT2D eigenvalue weighted by Gasteiger charge is -2.19. The highest BCUT2D eigenvalue weighted by atomic mass is 79.9. The van der Waals surface area contributed by atoms with E-state index < -0.39 is 5.91 Å². The van der Waals surface area contributed by atoms with Crippen molar-refractivity contribution in [2.45, 2.75) is 19.3 Å². The molecule has 1 N–H and O–H groups in total. The van der Waals surface area contributed by atoms with Crippen molar-refractivity contribution in [3.05, 3.63) is 52.2 Å². The molecule has 0 bridgehead atoms. The number of furan rings is 1. The second-order valence-corrected chi connectivity index (χ2v) is 9.44. The van der Waals surface area contributed by atoms with Crippen molar-refractivity contribution in [2.24, 2.45) is 10.1 Å². The second kappa shape index (κ2) is 8.51. The number of nitrogens with zero attached hydrogens (tertiary/aromatic N) is 4. The first-order chi connectivity index (χ1) is 15.5. The average Bonchev–Trinajstić information content (AvgIpc) is 3.53. The number of benzene rings is 1. The van der Waals surface area contributed by atoms with Gasteiger partial charge in [-0.05, 0) is 54.9 Å². The summed E-state index contributed by atoms with van der Waals surface area (Å²) in [4.78, 5) is 30.9. The lowest BCUT2D eigenvalue weighted by Crippen LogP contribution is -2.35. The van der Waals surface area contributed by atoms with Gasteiger partial charge in [-0.2, -0.15) is 15.1 Å². The van der Waals surface area contributed by atoms with Crippen LogP contribution < -0.4 is 0 Å². The lowest BCUT2D eigenvalue weighted by atomic mass is 10.1. The van der Waals surface area contributed by atoms with E-state index in [0.717, 1.165) is 47.7 Å². The van der Waals surface area contributed by atoms with Gasteiger partial charge in [-0.25, -0.2) is 0 Å². The third kappa shape index (κ3) is 4.07. The van der Waals surface area contributed by atoms with E-state index in [-0.39, 0.29) is 23.7 Å². The Morgan fingerprint density at radius 1 is 1.19 bits per heavy atom. The van der Waals surface area contributed by atoms with E-state index in [4.69, 9.17) is 9.83 Å². The summed E-state index contributed by atoms with van der Waals surface area (Å²) in [6.07, 6.45) is 3.69. The Morgan fingerprint density at radius 2 is 1.94 bits per heavy atom. The summed E-state index contributed by atoms with van der Waals surface area (Å²) >= 11 is 4.57. The molecule has 2 amide bonds. The molecule has 2 aromatic rings. The van der Waals surface area contributed by atoms with Crippen LogP contribution in [0.15, 0.2) is 61.0 Å². The number of amides is 2. The van der Waals surface area contributed by atoms with E-state index in [1.165, 1.54) is 11.1 Å². The van der Waals surface area contributed by atoms with E-state index in [0.29, 0.717) is 21.7 Å². The first-order valence-corrected chi connectivity index (χ1v) is 11.7. The van der Waals surface area contributed by atoms with Crippen LogP contribution in [0.2, 0.25) is 0 Å². The number of amidine groups is 2. The zero-order valence-electron chi connectivity index (χ0n) is 16.9. The van der Waals surface area contributed by atoms with Crippen LogP contribution in [0, 0.1) is 5.41 Å². The summed E-state index contributed by atoms with van der Waals surface area (Å²) in [5, 5.41) is 15.0. The third-order valence-electron chi connectivity index (χ3n) is 5.30. The van der Waals surface area contributed by atoms with E-state index >= 15 is 0 Å². The van der Waals surface area contributed by atoms with Crippen LogP contribution in [0.25, 0.3) is 17.4 Å². The van der Waals surface area contributed by atoms with Crippen LogP contribution in [0.4, 0.5) is 0 Å². The Hall–Kier alpha value is -2.98. The van der Waals surface area contributed by atoms with Crippen molar-refractivity contribution in [1.29, 1.82) is 5.41 Å². The molecule has 1 aromatic carbocycles. The minimum absolute atomic E-state index is 0.0128. The molecule has 32 heavy (non-hydrogen) atoms. The molecule has 5 rings (SSSR count). The van der Waals surface area contributed by atoms with E-state index in [1.807, 2.05) is 35.2 Å². The van der Waals surface area contributed by atoms with Crippen LogP contribution in [-0.4, -0.2) is 50.9 Å². The minimum atomic E-state index is -0.530. The van der Waals surface area contributed by atoms with Gasteiger partial charge in [0.05, 0.1) is 12.0 Å². The van der Waals surface area contributed by atoms with Crippen LogP contribution in [-0.2, 0) is 9.59 Å². The highest BCUT2D eigenvalue weighted by Crippen LogP contribution is 2.31. The molecule has 0 aliphatic carbocycles. The lowest BCUT2D eigenvalue weighted by molar-refractivity contribution is -0.128. The summed E-state index contributed by atoms with van der Waals surface area (Å²) in [5.41, 5.74) is 0.984. The number of thioether (sulfide) groups is 1. The molecule has 3 aliphatic rings. The number of carbonyl (C=O) groups excluding carboxylic acids is 2. The zero-order chi connectivity index (χ0) is 22.2. The second-order valence-electron chi connectivity index (χ2n) is 7.49. The van der Waals surface area contributed by atoms with Gasteiger partial charge < -0.3 is 9.32 Å². The molecular weight excluding hydrogens is 494 g/mol. The number of nitrogens with one attached hydrogen (secondary N) is 1. The molecule has 4 heterocycles. The van der Waals surface area contributed by atoms with Crippen LogP contribution in [0.1, 0.15) is 25.0 Å². The average molecular weight is 512 g/mol. The summed E-state index contributed by atoms with van der Waals surface area (Å²) in [5.74, 6) is 0.491. The number of hydrogen-bond donors (Lipinski definition) is 1. The Morgan fingerprint density at radius 3 is 2.69 bits per heavy atom. The van der Waals surface area contributed by atoms with Gasteiger partial charge in [0, 0.05) is 23.1 Å². The highest BCUT2D eigenvalue weighted by molar-refractivity contribution is 9.10. The fourth-order valence-electron chi connectivity index (χ4n) is 3.65. The molecule has 3 aliphatic heterocycles. The summed E-state index contributed by atoms with van der Waals surface area (Å²) in [6.45, 7) is 1.54. The molecule has 0 unspecified atom stereocenters. The summed E-state index contributed by atoms with van der Waals surface area (Å²) in [7, 11) is 0. The van der Waals surface area contributed by atoms with Crippen LogP contribution >= 0.6 is 27.7 Å². The predicted octanol–water partition coefficient (Wildman–Crippen LogP) is 4.34. The van der Waals surface area contributed by atoms with Gasteiger partial charge in [0.25, 0.3) is 5.91 Å². The van der Waals surface area contributed by atoms with E-state index in [2.05, 4.69) is 26.0 Å². The number of halogens is 1. The van der Waals surface area contributed by atoms with Gasteiger partial charge in [-0.1, -0.05) is 28.1 Å². The van der Waals surface area contributed by atoms with Crippen molar-refractivity contribution >= 4 is 61.6 Å².